The van der Waals surface area contributed by atoms with Crippen LogP contribution in [0.4, 0.5) is 10.1 Å². The highest BCUT2D eigenvalue weighted by molar-refractivity contribution is 6.10. The molecular formula is C20H20FN3O4. The van der Waals surface area contributed by atoms with E-state index < -0.39 is 0 Å². The summed E-state index contributed by atoms with van der Waals surface area (Å²) >= 11 is 0. The maximum atomic E-state index is 13.5. The van der Waals surface area contributed by atoms with Gasteiger partial charge >= 0.3 is 0 Å². The number of amides is 1. The molecule has 1 saturated heterocycles. The van der Waals surface area contributed by atoms with E-state index in [1.54, 1.807) is 30.3 Å². The monoisotopic (exact) mass is 385 g/mol. The zero-order valence-corrected chi connectivity index (χ0v) is 15.1. The molecule has 146 valence electrons. The van der Waals surface area contributed by atoms with Gasteiger partial charge in [-0.15, -0.1) is 0 Å². The molecule has 1 atom stereocenters. The zero-order valence-electron chi connectivity index (χ0n) is 15.1. The Labute approximate surface area is 161 Å². The van der Waals surface area contributed by atoms with E-state index >= 15 is 0 Å². The molecule has 2 N–H and O–H groups in total. The molecular weight excluding hydrogens is 365 g/mol. The minimum absolute atomic E-state index is 0.0201. The number of fused-ring (bicyclic) bond motifs is 1. The normalized spacial score (nSPS) is 18.2. The van der Waals surface area contributed by atoms with Crippen LogP contribution in [0.25, 0.3) is 0 Å². The molecule has 4 rings (SSSR count). The van der Waals surface area contributed by atoms with Crippen molar-refractivity contribution in [1.29, 1.82) is 0 Å². The molecule has 28 heavy (non-hydrogen) atoms. The number of carbonyl (C=O) groups excluding carboxylic acids is 1. The lowest BCUT2D eigenvalue weighted by Crippen LogP contribution is -2.36. The molecule has 8 heteroatoms. The van der Waals surface area contributed by atoms with Crippen molar-refractivity contribution in [2.45, 2.75) is 18.9 Å². The van der Waals surface area contributed by atoms with E-state index in [9.17, 15) is 9.18 Å². The second-order valence-electron chi connectivity index (χ2n) is 6.48. The predicted octanol–water partition coefficient (Wildman–Crippen LogP) is 2.93. The lowest BCUT2D eigenvalue weighted by molar-refractivity contribution is 0.0975. The molecule has 0 aliphatic carbocycles. The van der Waals surface area contributed by atoms with E-state index in [2.05, 4.69) is 15.6 Å². The molecule has 1 amide bonds. The summed E-state index contributed by atoms with van der Waals surface area (Å²) in [6, 6.07) is 10.9. The Morgan fingerprint density at radius 1 is 1.18 bits per heavy atom. The third-order valence-corrected chi connectivity index (χ3v) is 4.43. The van der Waals surface area contributed by atoms with Crippen LogP contribution < -0.4 is 20.1 Å². The van der Waals surface area contributed by atoms with Gasteiger partial charge in [0.05, 0.1) is 12.6 Å². The molecule has 0 aromatic heterocycles. The van der Waals surface area contributed by atoms with Gasteiger partial charge in [0.2, 0.25) is 12.8 Å². The summed E-state index contributed by atoms with van der Waals surface area (Å²) in [4.78, 5) is 17.1. The number of hydrogen-bond acceptors (Lipinski definition) is 5. The lowest BCUT2D eigenvalue weighted by Gasteiger charge is -2.13. The summed E-state index contributed by atoms with van der Waals surface area (Å²) in [7, 11) is 0. The molecule has 0 radical (unpaired) electrons. The number of ether oxygens (including phenoxy) is 3. The fourth-order valence-electron chi connectivity index (χ4n) is 3.01. The van der Waals surface area contributed by atoms with E-state index in [4.69, 9.17) is 14.2 Å². The highest BCUT2D eigenvalue weighted by Gasteiger charge is 2.18. The quantitative estimate of drug-likeness (QED) is 0.625. The molecule has 2 heterocycles. The lowest BCUT2D eigenvalue weighted by atomic mass is 10.2. The van der Waals surface area contributed by atoms with Gasteiger partial charge in [-0.1, -0.05) is 6.07 Å². The number of anilines is 1. The second kappa shape index (κ2) is 8.26. The van der Waals surface area contributed by atoms with Crippen LogP contribution in [0.15, 0.2) is 47.5 Å². The van der Waals surface area contributed by atoms with E-state index in [1.165, 1.54) is 12.1 Å². The number of rotatable bonds is 4. The third kappa shape index (κ3) is 4.40. The van der Waals surface area contributed by atoms with Crippen molar-refractivity contribution in [3.05, 3.63) is 53.8 Å². The highest BCUT2D eigenvalue weighted by atomic mass is 19.1. The van der Waals surface area contributed by atoms with Crippen molar-refractivity contribution in [3.8, 4) is 11.5 Å². The smallest absolute Gasteiger partial charge is 0.258 e. The highest BCUT2D eigenvalue weighted by Crippen LogP contribution is 2.32. The van der Waals surface area contributed by atoms with Crippen molar-refractivity contribution in [2.24, 2.45) is 4.99 Å². The summed E-state index contributed by atoms with van der Waals surface area (Å²) in [5.41, 5.74) is 0.882. The fourth-order valence-corrected chi connectivity index (χ4v) is 3.01. The minimum Gasteiger partial charge on any atom is -0.454 e. The first-order valence-electron chi connectivity index (χ1n) is 9.07. The molecule has 2 aliphatic rings. The number of halogens is 1. The summed E-state index contributed by atoms with van der Waals surface area (Å²) in [5, 5.41) is 5.71. The topological polar surface area (TPSA) is 81.2 Å². The van der Waals surface area contributed by atoms with Gasteiger partial charge in [0, 0.05) is 17.9 Å². The molecule has 2 aromatic carbocycles. The summed E-state index contributed by atoms with van der Waals surface area (Å²) in [6.07, 6.45) is 1.94. The van der Waals surface area contributed by atoms with Crippen molar-refractivity contribution in [2.75, 3.05) is 25.3 Å². The van der Waals surface area contributed by atoms with Gasteiger partial charge in [-0.3, -0.25) is 10.1 Å². The van der Waals surface area contributed by atoms with Gasteiger partial charge in [0.1, 0.15) is 5.82 Å². The number of benzene rings is 2. The molecule has 0 spiro atoms. The first-order valence-corrected chi connectivity index (χ1v) is 9.07. The van der Waals surface area contributed by atoms with Crippen LogP contribution in [0, 0.1) is 5.82 Å². The maximum Gasteiger partial charge on any atom is 0.258 e. The number of carbonyl (C=O) groups is 1. The Kier molecular flexibility index (Phi) is 5.38. The average molecular weight is 385 g/mol. The Balaban J connectivity index is 1.50. The molecule has 1 fully saturated rings. The molecule has 0 saturated carbocycles. The average Bonchev–Trinajstić information content (AvgIpc) is 3.37. The van der Waals surface area contributed by atoms with Crippen LogP contribution in [0.2, 0.25) is 0 Å². The second-order valence-corrected chi connectivity index (χ2v) is 6.48. The van der Waals surface area contributed by atoms with E-state index in [0.717, 1.165) is 19.4 Å². The van der Waals surface area contributed by atoms with E-state index in [0.29, 0.717) is 29.3 Å². The van der Waals surface area contributed by atoms with Crippen LogP contribution in [0.1, 0.15) is 23.2 Å². The van der Waals surface area contributed by atoms with Crippen molar-refractivity contribution in [3.63, 3.8) is 0 Å². The molecule has 7 nitrogen and oxygen atoms in total. The summed E-state index contributed by atoms with van der Waals surface area (Å²) in [5.74, 6) is 0.591. The fraction of sp³-hybridized carbons (Fsp3) is 0.300. The van der Waals surface area contributed by atoms with Gasteiger partial charge in [-0.25, -0.2) is 9.38 Å². The Bertz CT molecular complexity index is 897. The van der Waals surface area contributed by atoms with E-state index in [1.807, 2.05) is 0 Å². The van der Waals surface area contributed by atoms with Crippen LogP contribution in [-0.2, 0) is 4.74 Å². The molecule has 2 aromatic rings. The maximum absolute atomic E-state index is 13.5. The SMILES string of the molecule is O=C(NC(=NC[C@H]1CCCO1)Nc1cccc(F)c1)c1ccc2c(c1)OCO2. The van der Waals surface area contributed by atoms with Gasteiger partial charge in [0.25, 0.3) is 5.91 Å². The van der Waals surface area contributed by atoms with Gasteiger partial charge in [-0.05, 0) is 49.2 Å². The Hall–Kier alpha value is -3.13. The van der Waals surface area contributed by atoms with Gasteiger partial charge < -0.3 is 19.5 Å². The number of hydrogen-bond donors (Lipinski definition) is 2. The van der Waals surface area contributed by atoms with Crippen molar-refractivity contribution >= 4 is 17.6 Å². The third-order valence-electron chi connectivity index (χ3n) is 4.43. The first kappa shape index (κ1) is 18.2. The number of nitrogens with zero attached hydrogens (tertiary/aromatic N) is 1. The Morgan fingerprint density at radius 3 is 2.89 bits per heavy atom. The van der Waals surface area contributed by atoms with Crippen LogP contribution >= 0.6 is 0 Å². The van der Waals surface area contributed by atoms with Crippen molar-refractivity contribution < 1.29 is 23.4 Å². The number of aliphatic imine (C=N–C) groups is 1. The molecule has 0 bridgehead atoms. The van der Waals surface area contributed by atoms with Crippen molar-refractivity contribution in [1.82, 2.24) is 5.32 Å². The standard InChI is InChI=1S/C20H20FN3O4/c21-14-3-1-4-15(10-14)23-20(22-11-16-5-2-8-26-16)24-19(25)13-6-7-17-18(9-13)28-12-27-17/h1,3-4,6-7,9-10,16H,2,5,8,11-12H2,(H2,22,23,24,25)/t16-/m1/s1. The van der Waals surface area contributed by atoms with Crippen LogP contribution in [-0.4, -0.2) is 37.9 Å². The molecule has 0 unspecified atom stereocenters. The zero-order chi connectivity index (χ0) is 19.3. The molecule has 2 aliphatic heterocycles. The van der Waals surface area contributed by atoms with Crippen LogP contribution in [0.5, 0.6) is 11.5 Å². The number of guanidine groups is 1. The van der Waals surface area contributed by atoms with Gasteiger partial charge in [0.15, 0.2) is 11.5 Å². The number of nitrogens with one attached hydrogen (secondary N) is 2. The Morgan fingerprint density at radius 2 is 2.07 bits per heavy atom. The summed E-state index contributed by atoms with van der Waals surface area (Å²) in [6.45, 7) is 1.26. The minimum atomic E-state index is -0.384. The van der Waals surface area contributed by atoms with Crippen LogP contribution in [0.3, 0.4) is 0 Å². The van der Waals surface area contributed by atoms with Gasteiger partial charge in [-0.2, -0.15) is 0 Å². The predicted molar refractivity (Wildman–Crippen MR) is 101 cm³/mol. The first-order chi connectivity index (χ1) is 13.7. The van der Waals surface area contributed by atoms with E-state index in [-0.39, 0.29) is 30.6 Å². The largest absolute Gasteiger partial charge is 0.454 e. The summed E-state index contributed by atoms with van der Waals surface area (Å²) < 4.78 is 29.6.